The van der Waals surface area contributed by atoms with Crippen LogP contribution in [0.5, 0.6) is 0 Å². The minimum atomic E-state index is -1.13. The summed E-state index contributed by atoms with van der Waals surface area (Å²) in [5.41, 5.74) is 9.59. The van der Waals surface area contributed by atoms with Gasteiger partial charge in [-0.3, -0.25) is 34.1 Å². The first-order valence-corrected chi connectivity index (χ1v) is 30.4. The fraction of sp³-hybridized carbons (Fsp3) is 0.435. The zero-order valence-electron chi connectivity index (χ0n) is 54.8. The Labute approximate surface area is 534 Å². The van der Waals surface area contributed by atoms with Crippen molar-refractivity contribution in [2.75, 3.05) is 36.2 Å². The molecule has 0 saturated carbocycles. The normalized spacial score (nSPS) is 13.4. The first-order valence-electron chi connectivity index (χ1n) is 30.4. The number of urea groups is 1. The summed E-state index contributed by atoms with van der Waals surface area (Å²) >= 11 is 0. The number of nitrogens with one attached hydrogen (secondary N) is 7. The zero-order valence-corrected chi connectivity index (χ0v) is 54.8. The highest BCUT2D eigenvalue weighted by Crippen LogP contribution is 2.37. The van der Waals surface area contributed by atoms with Crippen LogP contribution in [0.1, 0.15) is 123 Å². The van der Waals surface area contributed by atoms with Crippen LogP contribution in [-0.2, 0) is 63.9 Å². The SMILES string of the molecule is C#Cc1ccccc1CN(C(=O)CCC(=O)N[C@H](C(=O)N[C@@H](CCCNC(N)=O)C(=O)Nc1ccc(COC(=O)Nc2ccc3c(c2)c(C(C)(C)[C@H](NC)C(=O)N[C@H](C(=O)N(C)[C@H](/C=C(\C)C(=O)O)C(C)C)C(C)(C)C)cn3C)cc1)C(C)C)c1ccccc1C. The molecule has 1 heterocycles. The van der Waals surface area contributed by atoms with E-state index in [0.29, 0.717) is 28.2 Å². The summed E-state index contributed by atoms with van der Waals surface area (Å²) in [5, 5.41) is 30.2. The number of para-hydroxylation sites is 1. The number of nitrogens with two attached hydrogens (primary N) is 1. The van der Waals surface area contributed by atoms with Gasteiger partial charge in [-0.15, -0.1) is 6.42 Å². The lowest BCUT2D eigenvalue weighted by Crippen LogP contribution is -2.61. The van der Waals surface area contributed by atoms with E-state index in [4.69, 9.17) is 16.9 Å². The maximum absolute atomic E-state index is 14.5. The number of fused-ring (bicyclic) bond motifs is 1. The second-order valence-electron chi connectivity index (χ2n) is 25.2. The molecule has 5 atom stereocenters. The largest absolute Gasteiger partial charge is 0.478 e. The molecule has 0 fully saturated rings. The summed E-state index contributed by atoms with van der Waals surface area (Å²) in [6.45, 7) is 20.2. The van der Waals surface area contributed by atoms with Crippen molar-refractivity contribution >= 4 is 81.5 Å². The van der Waals surface area contributed by atoms with Crippen molar-refractivity contribution in [1.82, 2.24) is 36.1 Å². The van der Waals surface area contributed by atoms with Gasteiger partial charge >= 0.3 is 18.1 Å². The summed E-state index contributed by atoms with van der Waals surface area (Å²) in [6, 6.07) is 21.2. The lowest BCUT2D eigenvalue weighted by molar-refractivity contribution is -0.141. The number of anilines is 3. The number of hydrogen-bond donors (Lipinski definition) is 9. The number of aryl methyl sites for hydroxylation is 2. The van der Waals surface area contributed by atoms with Gasteiger partial charge in [0.1, 0.15) is 24.7 Å². The number of amides is 9. The number of rotatable bonds is 29. The first-order chi connectivity index (χ1) is 42.8. The number of benzene rings is 4. The number of ether oxygens (including phenoxy) is 1. The Morgan fingerprint density at radius 2 is 1.44 bits per heavy atom. The quantitative estimate of drug-likeness (QED) is 0.0124. The summed E-state index contributed by atoms with van der Waals surface area (Å²) < 4.78 is 7.54. The van der Waals surface area contributed by atoms with Gasteiger partial charge in [0.15, 0.2) is 0 Å². The predicted molar refractivity (Wildman–Crippen MR) is 353 cm³/mol. The molecule has 0 radical (unpaired) electrons. The van der Waals surface area contributed by atoms with Crippen molar-refractivity contribution in [3.8, 4) is 12.3 Å². The molecule has 22 nitrogen and oxygen atoms in total. The van der Waals surface area contributed by atoms with Gasteiger partial charge in [0.25, 0.3) is 0 Å². The van der Waals surface area contributed by atoms with Crippen LogP contribution in [0.3, 0.4) is 0 Å². The van der Waals surface area contributed by atoms with E-state index in [1.807, 2.05) is 122 Å². The van der Waals surface area contributed by atoms with Gasteiger partial charge in [0.2, 0.25) is 35.4 Å². The van der Waals surface area contributed by atoms with E-state index in [2.05, 4.69) is 43.1 Å². The fourth-order valence-corrected chi connectivity index (χ4v) is 10.8. The number of carboxylic acid groups (broad SMARTS) is 1. The number of aliphatic carboxylic acids is 1. The molecule has 0 unspecified atom stereocenters. The van der Waals surface area contributed by atoms with Crippen LogP contribution >= 0.6 is 0 Å². The Hall–Kier alpha value is -9.49. The minimum Gasteiger partial charge on any atom is -0.478 e. The van der Waals surface area contributed by atoms with Crippen LogP contribution in [0.4, 0.5) is 26.7 Å². The van der Waals surface area contributed by atoms with E-state index in [0.717, 1.165) is 27.6 Å². The van der Waals surface area contributed by atoms with Crippen molar-refractivity contribution in [2.24, 2.45) is 30.0 Å². The van der Waals surface area contributed by atoms with E-state index < -0.39 is 88.7 Å². The number of likely N-dealkylation sites (N-methyl/N-ethyl adjacent to an activating group) is 2. The second-order valence-corrected chi connectivity index (χ2v) is 25.2. The standard InChI is InChI=1S/C69H91N11O11/c1-16-46-23-18-19-24-47(46)38-80(53-26-20-17-22-43(53)6)57(82)34-33-56(81)76-58(42(4)5)62(84)75-52(25-21-35-72-66(70)89)61(83)73-48-29-27-45(28-30-48)40-91-67(90)74-49-31-32-54-50(37-49)51(39-78(54)14)69(11,12)59(71-13)63(85)77-60(68(8,9)10)64(86)79(15)55(41(2)3)36-44(7)65(87)88/h1,17-20,22-24,26-32,36-37,39,41-42,52,55,58-60,71H,21,25,33-35,38,40H2,2-15H3,(H,73,83)(H,74,90)(H,75,84)(H,76,81)(H,77,85)(H,87,88)(H3,70,72,89)/b44-36+/t52-,55+,58-,59+,60+/m0/s1. The van der Waals surface area contributed by atoms with E-state index >= 15 is 0 Å². The number of hydrogen-bond acceptors (Lipinski definition) is 11. The van der Waals surface area contributed by atoms with Crippen molar-refractivity contribution in [2.45, 2.75) is 151 Å². The maximum Gasteiger partial charge on any atom is 0.411 e. The topological polar surface area (TPSA) is 305 Å². The Morgan fingerprint density at radius 1 is 0.791 bits per heavy atom. The van der Waals surface area contributed by atoms with Gasteiger partial charge in [0.05, 0.1) is 18.6 Å². The summed E-state index contributed by atoms with van der Waals surface area (Å²) in [4.78, 5) is 124. The highest BCUT2D eigenvalue weighted by Gasteiger charge is 2.43. The molecule has 0 saturated heterocycles. The molecule has 10 N–H and O–H groups in total. The number of carboxylic acids is 1. The molecule has 0 bridgehead atoms. The molecule has 0 spiro atoms. The third-order valence-corrected chi connectivity index (χ3v) is 16.1. The number of terminal acetylenes is 1. The lowest BCUT2D eigenvalue weighted by Gasteiger charge is -2.39. The third kappa shape index (κ3) is 19.8. The molecule has 488 valence electrons. The molecule has 4 aromatic carbocycles. The minimum absolute atomic E-state index is 0.0746. The second kappa shape index (κ2) is 32.3. The fourth-order valence-electron chi connectivity index (χ4n) is 10.8. The number of primary amides is 1. The molecular formula is C69H91N11O11. The monoisotopic (exact) mass is 1250 g/mol. The van der Waals surface area contributed by atoms with Crippen LogP contribution < -0.4 is 47.9 Å². The molecule has 5 aromatic rings. The summed E-state index contributed by atoms with van der Waals surface area (Å²) in [5.74, 6) is -1.90. The molecular weight excluding hydrogens is 1160 g/mol. The van der Waals surface area contributed by atoms with Crippen molar-refractivity contribution in [3.63, 3.8) is 0 Å². The average molecular weight is 1250 g/mol. The lowest BCUT2D eigenvalue weighted by atomic mass is 9.76. The molecule has 9 amide bonds. The molecule has 22 heteroatoms. The van der Waals surface area contributed by atoms with Gasteiger partial charge < -0.3 is 61.8 Å². The maximum atomic E-state index is 14.5. The Balaban J connectivity index is 1.22. The van der Waals surface area contributed by atoms with Crippen LogP contribution in [0.2, 0.25) is 0 Å². The van der Waals surface area contributed by atoms with Crippen LogP contribution in [0.15, 0.2) is 109 Å². The van der Waals surface area contributed by atoms with Gasteiger partial charge in [-0.05, 0) is 116 Å². The van der Waals surface area contributed by atoms with Gasteiger partial charge in [-0.2, -0.15) is 0 Å². The Bertz CT molecular complexity index is 3520. The first kappa shape index (κ1) is 72.3. The highest BCUT2D eigenvalue weighted by molar-refractivity contribution is 6.00. The number of nitrogens with zero attached hydrogens (tertiary/aromatic N) is 3. The molecule has 1 aromatic heterocycles. The van der Waals surface area contributed by atoms with Gasteiger partial charge in [-0.25, -0.2) is 14.4 Å². The highest BCUT2D eigenvalue weighted by atomic mass is 16.5. The molecule has 0 aliphatic heterocycles. The van der Waals surface area contributed by atoms with E-state index in [1.54, 1.807) is 81.4 Å². The predicted octanol–water partition coefficient (Wildman–Crippen LogP) is 8.15. The van der Waals surface area contributed by atoms with Crippen LogP contribution in [0, 0.1) is 36.5 Å². The Morgan fingerprint density at radius 3 is 2.04 bits per heavy atom. The van der Waals surface area contributed by atoms with Crippen LogP contribution in [-0.4, -0.2) is 119 Å². The van der Waals surface area contributed by atoms with E-state index in [1.165, 1.54) is 11.8 Å². The van der Waals surface area contributed by atoms with Crippen LogP contribution in [0.25, 0.3) is 10.9 Å². The van der Waals surface area contributed by atoms with Crippen molar-refractivity contribution < 1.29 is 53.0 Å². The summed E-state index contributed by atoms with van der Waals surface area (Å²) in [7, 11) is 5.16. The number of carbonyl (C=O) groups is 9. The summed E-state index contributed by atoms with van der Waals surface area (Å²) in [6.07, 6.45) is 8.41. The van der Waals surface area contributed by atoms with E-state index in [-0.39, 0.29) is 68.7 Å². The van der Waals surface area contributed by atoms with Gasteiger partial charge in [-0.1, -0.05) is 123 Å². The molecule has 0 aliphatic carbocycles. The van der Waals surface area contributed by atoms with Gasteiger partial charge in [0, 0.05) is 84.2 Å². The molecule has 0 aliphatic rings. The third-order valence-electron chi connectivity index (χ3n) is 16.1. The van der Waals surface area contributed by atoms with Crippen molar-refractivity contribution in [1.29, 1.82) is 0 Å². The molecule has 5 rings (SSSR count). The Kier molecular flexibility index (Phi) is 25.7. The molecule has 91 heavy (non-hydrogen) atoms. The average Bonchev–Trinajstić information content (AvgIpc) is 1.75. The van der Waals surface area contributed by atoms with E-state index in [9.17, 15) is 48.3 Å². The van der Waals surface area contributed by atoms with Crippen molar-refractivity contribution in [3.05, 3.63) is 137 Å². The smallest absolute Gasteiger partial charge is 0.411 e. The zero-order chi connectivity index (χ0) is 67.7. The number of carbonyl (C=O) groups excluding carboxylic acids is 8. The number of aromatic nitrogens is 1.